The van der Waals surface area contributed by atoms with E-state index in [4.69, 9.17) is 9.47 Å². The maximum Gasteiger partial charge on any atom is 0.358 e. The maximum absolute atomic E-state index is 12.0. The van der Waals surface area contributed by atoms with Gasteiger partial charge in [-0.05, 0) is 25.1 Å². The van der Waals surface area contributed by atoms with Crippen LogP contribution >= 0.6 is 0 Å². The van der Waals surface area contributed by atoms with Crippen molar-refractivity contribution in [2.24, 2.45) is 0 Å². The first-order chi connectivity index (χ1) is 11.7. The molecule has 0 N–H and O–H groups in total. The number of aromatic nitrogens is 5. The van der Waals surface area contributed by atoms with Crippen molar-refractivity contribution in [3.8, 4) is 23.0 Å². The van der Waals surface area contributed by atoms with Crippen LogP contribution in [0, 0.1) is 0 Å². The molecule has 0 aromatic carbocycles. The topological polar surface area (TPSA) is 92.0 Å². The Hall–Kier alpha value is -3.29. The molecule has 0 fully saturated rings. The van der Waals surface area contributed by atoms with Gasteiger partial charge in [0.1, 0.15) is 6.33 Å². The highest BCUT2D eigenvalue weighted by Gasteiger charge is 2.18. The molecule has 0 aliphatic rings. The summed E-state index contributed by atoms with van der Waals surface area (Å²) in [4.78, 5) is 24.3. The molecule has 8 heteroatoms. The average molecular weight is 325 g/mol. The van der Waals surface area contributed by atoms with Crippen molar-refractivity contribution in [3.63, 3.8) is 0 Å². The van der Waals surface area contributed by atoms with Crippen molar-refractivity contribution in [1.82, 2.24) is 24.7 Å². The van der Waals surface area contributed by atoms with Gasteiger partial charge in [0.25, 0.3) is 0 Å². The van der Waals surface area contributed by atoms with E-state index in [2.05, 4.69) is 20.1 Å². The highest BCUT2D eigenvalue weighted by Crippen LogP contribution is 2.23. The van der Waals surface area contributed by atoms with Gasteiger partial charge < -0.3 is 9.47 Å². The Morgan fingerprint density at radius 1 is 1.29 bits per heavy atom. The number of carbonyl (C=O) groups excluding carboxylic acids is 1. The van der Waals surface area contributed by atoms with Crippen molar-refractivity contribution >= 4 is 5.97 Å². The molecule has 0 atom stereocenters. The minimum atomic E-state index is -0.498. The molecular weight excluding hydrogens is 310 g/mol. The molecule has 3 aromatic rings. The fraction of sp³-hybridized carbons (Fsp3) is 0.188. The van der Waals surface area contributed by atoms with Crippen LogP contribution in [0.3, 0.4) is 0 Å². The molecule has 3 aromatic heterocycles. The molecule has 0 saturated heterocycles. The van der Waals surface area contributed by atoms with Crippen molar-refractivity contribution in [2.75, 3.05) is 13.7 Å². The zero-order chi connectivity index (χ0) is 16.9. The van der Waals surface area contributed by atoms with E-state index in [0.29, 0.717) is 17.4 Å². The van der Waals surface area contributed by atoms with Crippen molar-refractivity contribution in [3.05, 3.63) is 48.7 Å². The fourth-order valence-corrected chi connectivity index (χ4v) is 2.14. The van der Waals surface area contributed by atoms with Gasteiger partial charge in [-0.25, -0.2) is 19.4 Å². The highest BCUT2D eigenvalue weighted by molar-refractivity contribution is 5.89. The van der Waals surface area contributed by atoms with Gasteiger partial charge >= 0.3 is 5.97 Å². The Balaban J connectivity index is 2.13. The highest BCUT2D eigenvalue weighted by atomic mass is 16.5. The Morgan fingerprint density at radius 2 is 2.17 bits per heavy atom. The number of nitrogens with zero attached hydrogens (tertiary/aromatic N) is 5. The van der Waals surface area contributed by atoms with Crippen molar-refractivity contribution in [1.29, 1.82) is 0 Å². The molecule has 0 unspecified atom stereocenters. The SMILES string of the molecule is CCOC(=O)c1cc(-c2cccnc2)n(-c2cc(OC)ncn2)n1. The van der Waals surface area contributed by atoms with E-state index in [0.717, 1.165) is 5.56 Å². The van der Waals surface area contributed by atoms with Crippen LogP contribution in [0.2, 0.25) is 0 Å². The predicted molar refractivity (Wildman–Crippen MR) is 84.9 cm³/mol. The Bertz CT molecular complexity index is 848. The van der Waals surface area contributed by atoms with E-state index in [1.807, 2.05) is 6.07 Å². The van der Waals surface area contributed by atoms with E-state index in [1.165, 1.54) is 18.1 Å². The summed E-state index contributed by atoms with van der Waals surface area (Å²) >= 11 is 0. The molecule has 0 amide bonds. The van der Waals surface area contributed by atoms with Gasteiger partial charge in [0.15, 0.2) is 11.5 Å². The first kappa shape index (κ1) is 15.6. The molecule has 122 valence electrons. The summed E-state index contributed by atoms with van der Waals surface area (Å²) in [6.45, 7) is 2.02. The minimum absolute atomic E-state index is 0.188. The largest absolute Gasteiger partial charge is 0.481 e. The van der Waals surface area contributed by atoms with E-state index in [9.17, 15) is 4.79 Å². The van der Waals surface area contributed by atoms with Crippen LogP contribution in [0.25, 0.3) is 17.1 Å². The molecule has 0 spiro atoms. The van der Waals surface area contributed by atoms with Crippen LogP contribution in [0.15, 0.2) is 43.0 Å². The third-order valence-corrected chi connectivity index (χ3v) is 3.20. The summed E-state index contributed by atoms with van der Waals surface area (Å²) in [7, 11) is 1.52. The summed E-state index contributed by atoms with van der Waals surface area (Å²) in [6.07, 6.45) is 4.72. The minimum Gasteiger partial charge on any atom is -0.481 e. The molecular formula is C16H15N5O3. The number of hydrogen-bond donors (Lipinski definition) is 0. The van der Waals surface area contributed by atoms with Gasteiger partial charge in [0, 0.05) is 24.0 Å². The number of carbonyl (C=O) groups is 1. The fourth-order valence-electron chi connectivity index (χ4n) is 2.14. The normalized spacial score (nSPS) is 10.4. The lowest BCUT2D eigenvalue weighted by Crippen LogP contribution is -2.08. The summed E-state index contributed by atoms with van der Waals surface area (Å²) < 4.78 is 11.7. The number of methoxy groups -OCH3 is 1. The van der Waals surface area contributed by atoms with Crippen LogP contribution in [0.4, 0.5) is 0 Å². The molecule has 0 radical (unpaired) electrons. The van der Waals surface area contributed by atoms with Gasteiger partial charge in [0.05, 0.1) is 19.4 Å². The van der Waals surface area contributed by atoms with Crippen LogP contribution in [0.1, 0.15) is 17.4 Å². The molecule has 0 bridgehead atoms. The average Bonchev–Trinajstić information content (AvgIpc) is 3.08. The third-order valence-electron chi connectivity index (χ3n) is 3.20. The summed E-state index contributed by atoms with van der Waals surface area (Å²) in [6, 6.07) is 6.94. The Morgan fingerprint density at radius 3 is 2.88 bits per heavy atom. The first-order valence-corrected chi connectivity index (χ1v) is 7.27. The zero-order valence-electron chi connectivity index (χ0n) is 13.2. The quantitative estimate of drug-likeness (QED) is 0.662. The molecule has 0 aliphatic carbocycles. The van der Waals surface area contributed by atoms with Crippen LogP contribution in [0.5, 0.6) is 5.88 Å². The van der Waals surface area contributed by atoms with Gasteiger partial charge in [-0.3, -0.25) is 4.98 Å². The van der Waals surface area contributed by atoms with Crippen molar-refractivity contribution in [2.45, 2.75) is 6.92 Å². The second kappa shape index (κ2) is 6.86. The monoisotopic (exact) mass is 325 g/mol. The standard InChI is InChI=1S/C16H15N5O3/c1-3-24-16(22)12-7-13(11-5-4-6-17-9-11)21(20-12)14-8-15(23-2)19-10-18-14/h4-10H,3H2,1-2H3. The van der Waals surface area contributed by atoms with E-state index < -0.39 is 5.97 Å². The Labute approximate surface area is 138 Å². The smallest absolute Gasteiger partial charge is 0.358 e. The van der Waals surface area contributed by atoms with Crippen LogP contribution in [-0.2, 0) is 4.74 Å². The Kier molecular flexibility index (Phi) is 4.46. The zero-order valence-corrected chi connectivity index (χ0v) is 13.2. The molecule has 0 saturated carbocycles. The maximum atomic E-state index is 12.0. The summed E-state index contributed by atoms with van der Waals surface area (Å²) in [5.74, 6) is 0.365. The lowest BCUT2D eigenvalue weighted by molar-refractivity contribution is 0.0519. The predicted octanol–water partition coefficient (Wildman–Crippen LogP) is 1.91. The van der Waals surface area contributed by atoms with E-state index in [1.54, 1.807) is 37.5 Å². The lowest BCUT2D eigenvalue weighted by Gasteiger charge is -2.07. The number of rotatable bonds is 5. The number of pyridine rings is 1. The van der Waals surface area contributed by atoms with Gasteiger partial charge in [-0.15, -0.1) is 0 Å². The molecule has 3 heterocycles. The lowest BCUT2D eigenvalue weighted by atomic mass is 10.2. The van der Waals surface area contributed by atoms with Crippen LogP contribution < -0.4 is 4.74 Å². The number of hydrogen-bond acceptors (Lipinski definition) is 7. The molecule has 8 nitrogen and oxygen atoms in total. The van der Waals surface area contributed by atoms with Gasteiger partial charge in [-0.2, -0.15) is 5.10 Å². The second-order valence-corrected chi connectivity index (χ2v) is 4.71. The van der Waals surface area contributed by atoms with Gasteiger partial charge in [0.2, 0.25) is 5.88 Å². The molecule has 24 heavy (non-hydrogen) atoms. The summed E-state index contributed by atoms with van der Waals surface area (Å²) in [5.41, 5.74) is 1.64. The second-order valence-electron chi connectivity index (χ2n) is 4.71. The van der Waals surface area contributed by atoms with Crippen LogP contribution in [-0.4, -0.2) is 44.4 Å². The third kappa shape index (κ3) is 3.07. The van der Waals surface area contributed by atoms with E-state index >= 15 is 0 Å². The van der Waals surface area contributed by atoms with Gasteiger partial charge in [-0.1, -0.05) is 0 Å². The van der Waals surface area contributed by atoms with E-state index in [-0.39, 0.29) is 12.3 Å². The van der Waals surface area contributed by atoms with Crippen molar-refractivity contribution < 1.29 is 14.3 Å². The molecule has 3 rings (SSSR count). The first-order valence-electron chi connectivity index (χ1n) is 7.27. The number of esters is 1. The number of ether oxygens (including phenoxy) is 2. The molecule has 0 aliphatic heterocycles. The summed E-state index contributed by atoms with van der Waals surface area (Å²) in [5, 5.41) is 4.32.